The molecule has 1 aromatic rings. The predicted octanol–water partition coefficient (Wildman–Crippen LogP) is 7.88. The number of hydrogen-bond donors (Lipinski definition) is 2. The van der Waals surface area contributed by atoms with E-state index in [1.807, 2.05) is 0 Å². The van der Waals surface area contributed by atoms with Gasteiger partial charge in [0.15, 0.2) is 5.79 Å². The number of ether oxygens (including phenoxy) is 3. The SMILES string of the molecule is CCCC(NC(CC)CC)c1cccc(OCC[C@]23CCC4C5=C(CCC4C2CC[C@@H]3O)CC2(CC5)OCCO2)c1. The Morgan fingerprint density at radius 1 is 1.02 bits per heavy atom. The third-order valence-electron chi connectivity index (χ3n) is 12.0. The molecule has 0 radical (unpaired) electrons. The summed E-state index contributed by atoms with van der Waals surface area (Å²) in [6.45, 7) is 9.00. The molecule has 5 heteroatoms. The summed E-state index contributed by atoms with van der Waals surface area (Å²) in [6.07, 6.45) is 15.5. The minimum Gasteiger partial charge on any atom is -0.494 e. The van der Waals surface area contributed by atoms with Crippen molar-refractivity contribution in [1.82, 2.24) is 5.32 Å². The van der Waals surface area contributed by atoms with Crippen LogP contribution in [0.3, 0.4) is 0 Å². The highest BCUT2D eigenvalue weighted by Crippen LogP contribution is 2.63. The Balaban J connectivity index is 1.11. The van der Waals surface area contributed by atoms with Gasteiger partial charge in [0.25, 0.3) is 0 Å². The van der Waals surface area contributed by atoms with Crippen LogP contribution >= 0.6 is 0 Å². The average molecular weight is 566 g/mol. The minimum absolute atomic E-state index is 0.0200. The zero-order chi connectivity index (χ0) is 28.5. The van der Waals surface area contributed by atoms with Gasteiger partial charge < -0.3 is 24.6 Å². The standard InChI is InChI=1S/C36H55NO4/c1-4-8-33(37-27(5-2)6-3)25-9-7-10-28(23-25)39-20-19-35-17-15-30-29-16-18-36(40-21-22-41-36)24-26(29)11-12-31(30)32(35)13-14-34(35)38/h7,9-10,23,27,30-34,37-38H,4-6,8,11-22,24H2,1-3H3/t30?,31?,32?,33?,34-,35+/m0/s1. The zero-order valence-corrected chi connectivity index (χ0v) is 26.0. The summed E-state index contributed by atoms with van der Waals surface area (Å²) in [4.78, 5) is 0. The highest BCUT2D eigenvalue weighted by molar-refractivity contribution is 5.31. The second-order valence-electron chi connectivity index (χ2n) is 13.9. The third-order valence-corrected chi connectivity index (χ3v) is 12.0. The predicted molar refractivity (Wildman–Crippen MR) is 164 cm³/mol. The molecule has 2 saturated carbocycles. The van der Waals surface area contributed by atoms with Gasteiger partial charge in [0.05, 0.1) is 25.9 Å². The molecule has 2 N–H and O–H groups in total. The quantitative estimate of drug-likeness (QED) is 0.267. The van der Waals surface area contributed by atoms with Crippen molar-refractivity contribution in [2.45, 2.75) is 135 Å². The molecule has 6 atom stereocenters. The van der Waals surface area contributed by atoms with Crippen molar-refractivity contribution in [2.75, 3.05) is 19.8 Å². The Bertz CT molecular complexity index is 1060. The van der Waals surface area contributed by atoms with Crippen molar-refractivity contribution in [2.24, 2.45) is 23.2 Å². The van der Waals surface area contributed by atoms with Crippen molar-refractivity contribution in [3.05, 3.63) is 41.0 Å². The van der Waals surface area contributed by atoms with Crippen LogP contribution in [0.15, 0.2) is 35.4 Å². The first-order valence-corrected chi connectivity index (χ1v) is 17.2. The van der Waals surface area contributed by atoms with Gasteiger partial charge in [-0.15, -0.1) is 0 Å². The first-order chi connectivity index (χ1) is 20.0. The van der Waals surface area contributed by atoms with Crippen LogP contribution in [0.1, 0.15) is 122 Å². The van der Waals surface area contributed by atoms with Gasteiger partial charge in [-0.1, -0.05) is 50.5 Å². The van der Waals surface area contributed by atoms with Crippen molar-refractivity contribution in [3.8, 4) is 5.75 Å². The number of benzene rings is 1. The molecule has 0 aromatic heterocycles. The van der Waals surface area contributed by atoms with Crippen molar-refractivity contribution < 1.29 is 19.3 Å². The van der Waals surface area contributed by atoms with Gasteiger partial charge in [-0.3, -0.25) is 0 Å². The molecule has 1 aliphatic heterocycles. The lowest BCUT2D eigenvalue weighted by Gasteiger charge is -2.53. The van der Waals surface area contributed by atoms with E-state index in [4.69, 9.17) is 14.2 Å². The largest absolute Gasteiger partial charge is 0.494 e. The average Bonchev–Trinajstić information content (AvgIpc) is 3.59. The van der Waals surface area contributed by atoms with Gasteiger partial charge in [0, 0.05) is 30.3 Å². The Labute approximate surface area is 248 Å². The summed E-state index contributed by atoms with van der Waals surface area (Å²) >= 11 is 0. The lowest BCUT2D eigenvalue weighted by atomic mass is 9.52. The molecular formula is C36H55NO4. The van der Waals surface area contributed by atoms with Crippen LogP contribution in [0.4, 0.5) is 0 Å². The van der Waals surface area contributed by atoms with Gasteiger partial charge >= 0.3 is 0 Å². The maximum atomic E-state index is 11.4. The van der Waals surface area contributed by atoms with Gasteiger partial charge in [-0.05, 0) is 106 Å². The molecule has 1 spiro atoms. The molecular weight excluding hydrogens is 510 g/mol. The highest BCUT2D eigenvalue weighted by Gasteiger charge is 2.57. The van der Waals surface area contributed by atoms with E-state index in [0.29, 0.717) is 36.4 Å². The van der Waals surface area contributed by atoms with Crippen LogP contribution in [0.2, 0.25) is 0 Å². The number of hydrogen-bond acceptors (Lipinski definition) is 5. The summed E-state index contributed by atoms with van der Waals surface area (Å²) in [5.41, 5.74) is 4.75. The Hall–Kier alpha value is -1.40. The molecule has 1 heterocycles. The molecule has 6 rings (SSSR count). The summed E-state index contributed by atoms with van der Waals surface area (Å²) in [5, 5.41) is 15.3. The van der Waals surface area contributed by atoms with Crippen molar-refractivity contribution in [3.63, 3.8) is 0 Å². The van der Waals surface area contributed by atoms with Gasteiger partial charge in [0.2, 0.25) is 0 Å². The lowest BCUT2D eigenvalue weighted by Crippen LogP contribution is -2.48. The first kappa shape index (κ1) is 29.7. The number of aliphatic hydroxyl groups excluding tert-OH is 1. The normalized spacial score (nSPS) is 33.1. The van der Waals surface area contributed by atoms with Gasteiger partial charge in [-0.25, -0.2) is 0 Å². The molecule has 1 aromatic carbocycles. The molecule has 1 saturated heterocycles. The van der Waals surface area contributed by atoms with E-state index in [-0.39, 0.29) is 17.3 Å². The number of nitrogens with one attached hydrogen (secondary N) is 1. The fraction of sp³-hybridized carbons (Fsp3) is 0.778. The second-order valence-corrected chi connectivity index (χ2v) is 13.9. The monoisotopic (exact) mass is 565 g/mol. The van der Waals surface area contributed by atoms with E-state index in [2.05, 4.69) is 50.4 Å². The van der Waals surface area contributed by atoms with E-state index in [9.17, 15) is 5.11 Å². The molecule has 4 aliphatic carbocycles. The van der Waals surface area contributed by atoms with Crippen LogP contribution in [0.25, 0.3) is 0 Å². The Morgan fingerprint density at radius 2 is 1.85 bits per heavy atom. The first-order valence-electron chi connectivity index (χ1n) is 17.2. The van der Waals surface area contributed by atoms with Crippen LogP contribution in [0, 0.1) is 23.2 Å². The van der Waals surface area contributed by atoms with Gasteiger partial charge in [-0.2, -0.15) is 0 Å². The van der Waals surface area contributed by atoms with Crippen LogP contribution < -0.4 is 10.1 Å². The zero-order valence-electron chi connectivity index (χ0n) is 26.0. The van der Waals surface area contributed by atoms with Gasteiger partial charge in [0.1, 0.15) is 5.75 Å². The summed E-state index contributed by atoms with van der Waals surface area (Å²) in [5.74, 6) is 2.70. The van der Waals surface area contributed by atoms with Crippen LogP contribution in [-0.2, 0) is 9.47 Å². The second kappa shape index (κ2) is 12.7. The van der Waals surface area contributed by atoms with Crippen molar-refractivity contribution in [1.29, 1.82) is 0 Å². The maximum absolute atomic E-state index is 11.4. The van der Waals surface area contributed by atoms with Crippen LogP contribution in [-0.4, -0.2) is 42.9 Å². The molecule has 3 fully saturated rings. The molecule has 0 amide bonds. The molecule has 4 unspecified atom stereocenters. The summed E-state index contributed by atoms with van der Waals surface area (Å²) in [7, 11) is 0. The molecule has 5 nitrogen and oxygen atoms in total. The number of fused-ring (bicyclic) bond motifs is 4. The fourth-order valence-corrected chi connectivity index (χ4v) is 9.82. The van der Waals surface area contributed by atoms with Crippen LogP contribution in [0.5, 0.6) is 5.75 Å². The molecule has 5 aliphatic rings. The Kier molecular flexibility index (Phi) is 9.17. The van der Waals surface area contributed by atoms with Crippen molar-refractivity contribution >= 4 is 0 Å². The molecule has 41 heavy (non-hydrogen) atoms. The molecule has 0 bridgehead atoms. The molecule has 228 valence electrons. The maximum Gasteiger partial charge on any atom is 0.172 e. The Morgan fingerprint density at radius 3 is 2.63 bits per heavy atom. The van der Waals surface area contributed by atoms with E-state index in [1.165, 1.54) is 31.2 Å². The third kappa shape index (κ3) is 5.78. The highest BCUT2D eigenvalue weighted by atomic mass is 16.7. The lowest BCUT2D eigenvalue weighted by molar-refractivity contribution is -0.166. The fourth-order valence-electron chi connectivity index (χ4n) is 9.82. The van der Waals surface area contributed by atoms with E-state index in [0.717, 1.165) is 83.2 Å². The summed E-state index contributed by atoms with van der Waals surface area (Å²) in [6, 6.07) is 9.71. The minimum atomic E-state index is -0.317. The smallest absolute Gasteiger partial charge is 0.172 e. The van der Waals surface area contributed by atoms with E-state index < -0.39 is 0 Å². The topological polar surface area (TPSA) is 60.0 Å². The van der Waals surface area contributed by atoms with E-state index >= 15 is 0 Å². The number of aliphatic hydroxyl groups is 1. The van der Waals surface area contributed by atoms with E-state index in [1.54, 1.807) is 11.1 Å². The summed E-state index contributed by atoms with van der Waals surface area (Å²) < 4.78 is 18.7. The number of rotatable bonds is 11. The number of allylic oxidation sites excluding steroid dienone is 1.